The molecule has 0 atom stereocenters. The highest BCUT2D eigenvalue weighted by Crippen LogP contribution is 2.13. The Bertz CT molecular complexity index is 1040. The summed E-state index contributed by atoms with van der Waals surface area (Å²) < 4.78 is 0. The van der Waals surface area contributed by atoms with Crippen LogP contribution in [-0.4, -0.2) is 16.9 Å². The first-order chi connectivity index (χ1) is 13.6. The molecule has 6 heteroatoms. The Morgan fingerprint density at radius 1 is 0.964 bits per heavy atom. The van der Waals surface area contributed by atoms with Crippen molar-refractivity contribution in [3.05, 3.63) is 95.3 Å². The van der Waals surface area contributed by atoms with E-state index in [4.69, 9.17) is 5.73 Å². The quantitative estimate of drug-likeness (QED) is 0.616. The highest BCUT2D eigenvalue weighted by Gasteiger charge is 2.06. The van der Waals surface area contributed by atoms with E-state index in [0.717, 1.165) is 11.1 Å². The highest BCUT2D eigenvalue weighted by atomic mass is 16.2. The number of nitrogens with one attached hydrogen (secondary N) is 2. The largest absolute Gasteiger partial charge is 0.352 e. The van der Waals surface area contributed by atoms with Crippen LogP contribution in [0.25, 0.3) is 0 Å². The number of anilines is 1. The van der Waals surface area contributed by atoms with Crippen molar-refractivity contribution in [2.75, 3.05) is 5.32 Å². The van der Waals surface area contributed by atoms with Gasteiger partial charge in [-0.2, -0.15) is 0 Å². The number of aromatic nitrogens is 1. The highest BCUT2D eigenvalue weighted by molar-refractivity contribution is 6.04. The van der Waals surface area contributed by atoms with Gasteiger partial charge in [0.25, 0.3) is 5.91 Å². The molecule has 0 fully saturated rings. The summed E-state index contributed by atoms with van der Waals surface area (Å²) in [6.07, 6.45) is 1.69. The van der Waals surface area contributed by atoms with Gasteiger partial charge in [0.2, 0.25) is 0 Å². The van der Waals surface area contributed by atoms with Crippen LogP contribution in [0.1, 0.15) is 27.2 Å². The molecule has 3 aromatic rings. The predicted octanol–water partition coefficient (Wildman–Crippen LogP) is 2.90. The minimum atomic E-state index is -0.590. The van der Waals surface area contributed by atoms with E-state index < -0.39 is 6.03 Å². The Kier molecular flexibility index (Phi) is 6.01. The minimum Gasteiger partial charge on any atom is -0.352 e. The van der Waals surface area contributed by atoms with Gasteiger partial charge < -0.3 is 16.4 Å². The number of urea groups is 1. The van der Waals surface area contributed by atoms with Crippen LogP contribution in [0.2, 0.25) is 0 Å². The molecule has 0 saturated carbocycles. The molecular weight excluding hydrogens is 352 g/mol. The molecule has 0 bridgehead atoms. The molecule has 1 heterocycles. The van der Waals surface area contributed by atoms with Crippen molar-refractivity contribution >= 4 is 17.6 Å². The van der Waals surface area contributed by atoms with E-state index in [1.165, 1.54) is 0 Å². The lowest BCUT2D eigenvalue weighted by Crippen LogP contribution is -2.28. The summed E-state index contributed by atoms with van der Waals surface area (Å²) in [4.78, 5) is 27.3. The molecule has 3 rings (SSSR count). The first-order valence-corrected chi connectivity index (χ1v) is 8.57. The minimum absolute atomic E-state index is 0.232. The second kappa shape index (κ2) is 9.01. The number of primary amides is 1. The molecule has 1 aromatic heterocycles. The summed E-state index contributed by atoms with van der Waals surface area (Å²) in [6, 6.07) is 19.2. The molecule has 0 radical (unpaired) electrons. The predicted molar refractivity (Wildman–Crippen MR) is 107 cm³/mol. The van der Waals surface area contributed by atoms with Gasteiger partial charge in [-0.1, -0.05) is 30.2 Å². The SMILES string of the molecule is NC(=O)NCc1ccc(C(=O)Nc2cccc(C#Cc3ccccn3)c2)cc1. The van der Waals surface area contributed by atoms with Crippen molar-refractivity contribution in [1.29, 1.82) is 0 Å². The summed E-state index contributed by atoms with van der Waals surface area (Å²) in [5, 5.41) is 5.36. The van der Waals surface area contributed by atoms with Gasteiger partial charge in [0.15, 0.2) is 0 Å². The molecule has 0 aliphatic rings. The normalized spacial score (nSPS) is 9.71. The zero-order chi connectivity index (χ0) is 19.8. The smallest absolute Gasteiger partial charge is 0.312 e. The molecule has 2 aromatic carbocycles. The third-order valence-electron chi connectivity index (χ3n) is 3.80. The van der Waals surface area contributed by atoms with E-state index in [1.54, 1.807) is 42.6 Å². The van der Waals surface area contributed by atoms with Crippen molar-refractivity contribution in [3.8, 4) is 11.8 Å². The van der Waals surface area contributed by atoms with Crippen molar-refractivity contribution in [3.63, 3.8) is 0 Å². The number of carbonyl (C=O) groups is 2. The Hall–Kier alpha value is -4.11. The van der Waals surface area contributed by atoms with Crippen molar-refractivity contribution in [2.24, 2.45) is 5.73 Å². The fourth-order valence-corrected chi connectivity index (χ4v) is 2.41. The number of nitrogens with two attached hydrogens (primary N) is 1. The average Bonchev–Trinajstić information content (AvgIpc) is 2.72. The first-order valence-electron chi connectivity index (χ1n) is 8.57. The maximum Gasteiger partial charge on any atom is 0.312 e. The van der Waals surface area contributed by atoms with Crippen LogP contribution in [0.3, 0.4) is 0 Å². The summed E-state index contributed by atoms with van der Waals surface area (Å²) in [6.45, 7) is 0.314. The number of carbonyl (C=O) groups excluding carboxylic acids is 2. The van der Waals surface area contributed by atoms with E-state index in [0.29, 0.717) is 23.5 Å². The lowest BCUT2D eigenvalue weighted by atomic mass is 10.1. The molecule has 0 unspecified atom stereocenters. The third-order valence-corrected chi connectivity index (χ3v) is 3.80. The molecule has 0 aliphatic carbocycles. The van der Waals surface area contributed by atoms with Crippen LogP contribution >= 0.6 is 0 Å². The van der Waals surface area contributed by atoms with Gasteiger partial charge in [-0.15, -0.1) is 0 Å². The van der Waals surface area contributed by atoms with Crippen LogP contribution in [0, 0.1) is 11.8 Å². The van der Waals surface area contributed by atoms with Crippen LogP contribution < -0.4 is 16.4 Å². The standard InChI is InChI=1S/C22H18N4O2/c23-22(28)25-15-17-7-10-18(11-8-17)21(27)26-20-6-3-4-16(14-20)9-12-19-5-1-2-13-24-19/h1-8,10-11,13-14H,15H2,(H,26,27)(H3,23,25,28). The van der Waals surface area contributed by atoms with Gasteiger partial charge in [-0.3, -0.25) is 4.79 Å². The summed E-state index contributed by atoms with van der Waals surface area (Å²) in [5.74, 6) is 5.79. The van der Waals surface area contributed by atoms with Crippen LogP contribution in [-0.2, 0) is 6.54 Å². The average molecular weight is 370 g/mol. The number of pyridine rings is 1. The Balaban J connectivity index is 1.66. The maximum absolute atomic E-state index is 12.4. The van der Waals surface area contributed by atoms with Crippen molar-refractivity contribution in [2.45, 2.75) is 6.54 Å². The van der Waals surface area contributed by atoms with Gasteiger partial charge >= 0.3 is 6.03 Å². The Morgan fingerprint density at radius 2 is 1.79 bits per heavy atom. The van der Waals surface area contributed by atoms with Crippen LogP contribution in [0.15, 0.2) is 72.9 Å². The number of hydrogen-bond acceptors (Lipinski definition) is 3. The van der Waals surface area contributed by atoms with Crippen molar-refractivity contribution < 1.29 is 9.59 Å². The summed E-state index contributed by atoms with van der Waals surface area (Å²) in [5.41, 5.74) is 8.51. The number of amides is 3. The van der Waals surface area contributed by atoms with Crippen LogP contribution in [0.4, 0.5) is 10.5 Å². The molecule has 138 valence electrons. The topological polar surface area (TPSA) is 97.1 Å². The number of hydrogen-bond donors (Lipinski definition) is 3. The third kappa shape index (κ3) is 5.44. The van der Waals surface area contributed by atoms with E-state index >= 15 is 0 Å². The molecule has 28 heavy (non-hydrogen) atoms. The number of nitrogens with zero attached hydrogens (tertiary/aromatic N) is 1. The lowest BCUT2D eigenvalue weighted by molar-refractivity contribution is 0.102. The molecular formula is C22H18N4O2. The zero-order valence-corrected chi connectivity index (χ0v) is 15.0. The zero-order valence-electron chi connectivity index (χ0n) is 15.0. The van der Waals surface area contributed by atoms with E-state index in [1.807, 2.05) is 30.3 Å². The van der Waals surface area contributed by atoms with E-state index in [-0.39, 0.29) is 5.91 Å². The molecule has 4 N–H and O–H groups in total. The Labute approximate surface area is 162 Å². The number of benzene rings is 2. The van der Waals surface area contributed by atoms with Gasteiger partial charge in [0, 0.05) is 29.6 Å². The van der Waals surface area contributed by atoms with Crippen molar-refractivity contribution in [1.82, 2.24) is 10.3 Å². The van der Waals surface area contributed by atoms with Crippen LogP contribution in [0.5, 0.6) is 0 Å². The molecule has 6 nitrogen and oxygen atoms in total. The molecule has 0 aliphatic heterocycles. The van der Waals surface area contributed by atoms with Gasteiger partial charge in [0.1, 0.15) is 5.69 Å². The number of rotatable bonds is 4. The van der Waals surface area contributed by atoms with Gasteiger partial charge in [0.05, 0.1) is 0 Å². The monoisotopic (exact) mass is 370 g/mol. The molecule has 3 amide bonds. The van der Waals surface area contributed by atoms with E-state index in [2.05, 4.69) is 27.5 Å². The maximum atomic E-state index is 12.4. The fourth-order valence-electron chi connectivity index (χ4n) is 2.41. The van der Waals surface area contributed by atoms with E-state index in [9.17, 15) is 9.59 Å². The molecule has 0 saturated heterocycles. The second-order valence-corrected chi connectivity index (χ2v) is 5.91. The van der Waals surface area contributed by atoms with Gasteiger partial charge in [-0.25, -0.2) is 9.78 Å². The Morgan fingerprint density at radius 3 is 2.50 bits per heavy atom. The first kappa shape index (κ1) is 18.7. The summed E-state index contributed by atoms with van der Waals surface area (Å²) in [7, 11) is 0. The lowest BCUT2D eigenvalue weighted by Gasteiger charge is -2.07. The van der Waals surface area contributed by atoms with Gasteiger partial charge in [-0.05, 0) is 53.9 Å². The molecule has 0 spiro atoms. The summed E-state index contributed by atoms with van der Waals surface area (Å²) >= 11 is 0. The fraction of sp³-hybridized carbons (Fsp3) is 0.0455. The second-order valence-electron chi connectivity index (χ2n) is 5.91.